The summed E-state index contributed by atoms with van der Waals surface area (Å²) in [7, 11) is 0. The van der Waals surface area contributed by atoms with Gasteiger partial charge in [0.2, 0.25) is 0 Å². The van der Waals surface area contributed by atoms with Gasteiger partial charge in [0.15, 0.2) is 5.82 Å². The minimum Gasteiger partial charge on any atom is -0.392 e. The maximum Gasteiger partial charge on any atom is 0.153 e. The van der Waals surface area contributed by atoms with Crippen LogP contribution in [0.5, 0.6) is 0 Å². The van der Waals surface area contributed by atoms with Crippen LogP contribution < -0.4 is 0 Å². The van der Waals surface area contributed by atoms with Crippen LogP contribution in [0.15, 0.2) is 30.6 Å². The summed E-state index contributed by atoms with van der Waals surface area (Å²) in [6.45, 7) is 0.0542. The van der Waals surface area contributed by atoms with E-state index in [1.807, 2.05) is 22.9 Å². The molecule has 4 nitrogen and oxygen atoms in total. The molecule has 0 aliphatic heterocycles. The molecule has 1 aliphatic rings. The number of pyridine rings is 1. The van der Waals surface area contributed by atoms with Crippen molar-refractivity contribution in [2.45, 2.75) is 25.4 Å². The number of aromatic nitrogens is 3. The summed E-state index contributed by atoms with van der Waals surface area (Å²) in [5.74, 6) is 1.37. The van der Waals surface area contributed by atoms with Crippen molar-refractivity contribution >= 4 is 0 Å². The molecule has 0 saturated heterocycles. The normalized spacial score (nSPS) is 15.3. The van der Waals surface area contributed by atoms with Gasteiger partial charge in [-0.3, -0.25) is 0 Å². The Morgan fingerprint density at radius 3 is 2.88 bits per heavy atom. The Morgan fingerprint density at radius 2 is 2.25 bits per heavy atom. The minimum absolute atomic E-state index is 0.0542. The first-order valence-electron chi connectivity index (χ1n) is 5.49. The maximum absolute atomic E-state index is 9.28. The molecular weight excluding hydrogens is 202 g/mol. The van der Waals surface area contributed by atoms with E-state index in [9.17, 15) is 5.11 Å². The molecule has 2 heterocycles. The quantitative estimate of drug-likeness (QED) is 0.846. The van der Waals surface area contributed by atoms with E-state index in [0.717, 1.165) is 17.1 Å². The Labute approximate surface area is 93.6 Å². The fourth-order valence-corrected chi connectivity index (χ4v) is 1.97. The molecular formula is C12H13N3O. The highest BCUT2D eigenvalue weighted by Crippen LogP contribution is 2.42. The van der Waals surface area contributed by atoms with Crippen molar-refractivity contribution in [3.8, 4) is 5.82 Å². The number of aliphatic hydroxyl groups is 1. The van der Waals surface area contributed by atoms with Gasteiger partial charge in [0, 0.05) is 17.7 Å². The van der Waals surface area contributed by atoms with Gasteiger partial charge in [-0.2, -0.15) is 5.10 Å². The third-order valence-corrected chi connectivity index (χ3v) is 2.89. The standard InChI is InChI=1S/C12H13N3O/c16-8-10-7-14-15(12(10)9-4-5-9)11-3-1-2-6-13-11/h1-3,6-7,9,16H,4-5,8H2. The lowest BCUT2D eigenvalue weighted by Gasteiger charge is -2.06. The molecule has 0 spiro atoms. The molecule has 2 aromatic rings. The Kier molecular flexibility index (Phi) is 2.22. The second kappa shape index (κ2) is 3.72. The van der Waals surface area contributed by atoms with Gasteiger partial charge < -0.3 is 5.11 Å². The van der Waals surface area contributed by atoms with Crippen molar-refractivity contribution < 1.29 is 5.11 Å². The number of rotatable bonds is 3. The summed E-state index contributed by atoms with van der Waals surface area (Å²) in [5.41, 5.74) is 2.05. The van der Waals surface area contributed by atoms with Crippen molar-refractivity contribution in [3.63, 3.8) is 0 Å². The smallest absolute Gasteiger partial charge is 0.153 e. The summed E-state index contributed by atoms with van der Waals surface area (Å²) in [5, 5.41) is 13.6. The van der Waals surface area contributed by atoms with Gasteiger partial charge in [-0.05, 0) is 25.0 Å². The zero-order valence-electron chi connectivity index (χ0n) is 8.87. The molecule has 1 N–H and O–H groups in total. The Morgan fingerprint density at radius 1 is 1.38 bits per heavy atom. The van der Waals surface area contributed by atoms with Crippen molar-refractivity contribution in [1.29, 1.82) is 0 Å². The molecule has 0 atom stereocenters. The second-order valence-electron chi connectivity index (χ2n) is 4.09. The first-order valence-corrected chi connectivity index (χ1v) is 5.49. The fourth-order valence-electron chi connectivity index (χ4n) is 1.97. The largest absolute Gasteiger partial charge is 0.392 e. The highest BCUT2D eigenvalue weighted by Gasteiger charge is 2.30. The third-order valence-electron chi connectivity index (χ3n) is 2.89. The highest BCUT2D eigenvalue weighted by molar-refractivity contribution is 5.33. The second-order valence-corrected chi connectivity index (χ2v) is 4.09. The van der Waals surface area contributed by atoms with Crippen molar-refractivity contribution in [3.05, 3.63) is 41.9 Å². The number of aliphatic hydroxyl groups excluding tert-OH is 1. The van der Waals surface area contributed by atoms with Gasteiger partial charge in [-0.1, -0.05) is 6.07 Å². The highest BCUT2D eigenvalue weighted by atomic mass is 16.3. The van der Waals surface area contributed by atoms with Crippen molar-refractivity contribution in [1.82, 2.24) is 14.8 Å². The molecule has 16 heavy (non-hydrogen) atoms. The van der Waals surface area contributed by atoms with Gasteiger partial charge in [0.25, 0.3) is 0 Å². The van der Waals surface area contributed by atoms with Crippen LogP contribution in [0.25, 0.3) is 5.82 Å². The summed E-state index contributed by atoms with van der Waals surface area (Å²) >= 11 is 0. The molecule has 3 rings (SSSR count). The maximum atomic E-state index is 9.28. The van der Waals surface area contributed by atoms with Gasteiger partial charge in [0.05, 0.1) is 18.5 Å². The zero-order chi connectivity index (χ0) is 11.0. The molecule has 4 heteroatoms. The van der Waals surface area contributed by atoms with Crippen LogP contribution in [0.1, 0.15) is 30.0 Å². The molecule has 1 fully saturated rings. The SMILES string of the molecule is OCc1cnn(-c2ccccn2)c1C1CC1. The van der Waals surface area contributed by atoms with Gasteiger partial charge in [-0.25, -0.2) is 9.67 Å². The Bertz CT molecular complexity index is 488. The van der Waals surface area contributed by atoms with E-state index in [4.69, 9.17) is 0 Å². The molecule has 2 aromatic heterocycles. The molecule has 0 bridgehead atoms. The van der Waals surface area contributed by atoms with E-state index in [1.54, 1.807) is 12.4 Å². The van der Waals surface area contributed by atoms with E-state index in [2.05, 4.69) is 10.1 Å². The molecule has 82 valence electrons. The van der Waals surface area contributed by atoms with Crippen LogP contribution in [-0.4, -0.2) is 19.9 Å². The van der Waals surface area contributed by atoms with Crippen LogP contribution >= 0.6 is 0 Å². The number of nitrogens with zero attached hydrogens (tertiary/aromatic N) is 3. The van der Waals surface area contributed by atoms with Crippen LogP contribution in [-0.2, 0) is 6.61 Å². The zero-order valence-corrected chi connectivity index (χ0v) is 8.87. The van der Waals surface area contributed by atoms with Crippen LogP contribution in [0.3, 0.4) is 0 Å². The lowest BCUT2D eigenvalue weighted by molar-refractivity contribution is 0.280. The summed E-state index contributed by atoms with van der Waals surface area (Å²) in [4.78, 5) is 4.29. The van der Waals surface area contributed by atoms with Crippen molar-refractivity contribution in [2.24, 2.45) is 0 Å². The number of hydrogen-bond donors (Lipinski definition) is 1. The molecule has 1 saturated carbocycles. The van der Waals surface area contributed by atoms with Crippen LogP contribution in [0, 0.1) is 0 Å². The van der Waals surface area contributed by atoms with Gasteiger partial charge >= 0.3 is 0 Å². The minimum atomic E-state index is 0.0542. The first-order chi connectivity index (χ1) is 7.90. The first kappa shape index (κ1) is 9.54. The summed E-state index contributed by atoms with van der Waals surface area (Å²) in [6, 6.07) is 5.76. The summed E-state index contributed by atoms with van der Waals surface area (Å²) < 4.78 is 1.85. The van der Waals surface area contributed by atoms with Gasteiger partial charge in [0.1, 0.15) is 0 Å². The number of hydrogen-bond acceptors (Lipinski definition) is 3. The van der Waals surface area contributed by atoms with E-state index < -0.39 is 0 Å². The Balaban J connectivity index is 2.10. The molecule has 0 unspecified atom stereocenters. The van der Waals surface area contributed by atoms with Crippen LogP contribution in [0.4, 0.5) is 0 Å². The van der Waals surface area contributed by atoms with E-state index in [1.165, 1.54) is 12.8 Å². The third kappa shape index (κ3) is 1.51. The van der Waals surface area contributed by atoms with E-state index >= 15 is 0 Å². The molecule has 0 radical (unpaired) electrons. The Hall–Kier alpha value is -1.68. The monoisotopic (exact) mass is 215 g/mol. The fraction of sp³-hybridized carbons (Fsp3) is 0.333. The lowest BCUT2D eigenvalue weighted by Crippen LogP contribution is -2.04. The molecule has 0 aromatic carbocycles. The van der Waals surface area contributed by atoms with E-state index in [0.29, 0.717) is 5.92 Å². The summed E-state index contributed by atoms with van der Waals surface area (Å²) in [6.07, 6.45) is 5.87. The predicted octanol–water partition coefficient (Wildman–Crippen LogP) is 1.64. The average molecular weight is 215 g/mol. The van der Waals surface area contributed by atoms with Crippen LogP contribution in [0.2, 0.25) is 0 Å². The van der Waals surface area contributed by atoms with Crippen molar-refractivity contribution in [2.75, 3.05) is 0 Å². The lowest BCUT2D eigenvalue weighted by atomic mass is 10.2. The van der Waals surface area contributed by atoms with E-state index in [-0.39, 0.29) is 6.61 Å². The van der Waals surface area contributed by atoms with Gasteiger partial charge in [-0.15, -0.1) is 0 Å². The molecule has 1 aliphatic carbocycles. The average Bonchev–Trinajstić information content (AvgIpc) is 3.09. The predicted molar refractivity (Wildman–Crippen MR) is 59.3 cm³/mol. The topological polar surface area (TPSA) is 50.9 Å². The molecule has 0 amide bonds.